The number of nitro groups is 1. The zero-order valence-electron chi connectivity index (χ0n) is 11.7. The molecule has 0 radical (unpaired) electrons. The molecule has 0 aliphatic rings. The summed E-state index contributed by atoms with van der Waals surface area (Å²) in [6.45, 7) is 0. The number of hydrogen-bond acceptors (Lipinski definition) is 5. The molecule has 7 heteroatoms. The molecule has 110 valence electrons. The topological polar surface area (TPSA) is 73.8 Å². The fourth-order valence-corrected chi connectivity index (χ4v) is 2.61. The van der Waals surface area contributed by atoms with Crippen molar-refractivity contribution < 1.29 is 4.92 Å². The zero-order chi connectivity index (χ0) is 15.5. The maximum absolute atomic E-state index is 10.7. The molecule has 2 heterocycles. The van der Waals surface area contributed by atoms with Gasteiger partial charge in [0.15, 0.2) is 0 Å². The minimum absolute atomic E-state index is 0.0640. The third-order valence-electron chi connectivity index (χ3n) is 3.15. The van der Waals surface area contributed by atoms with E-state index in [1.807, 2.05) is 24.5 Å². The van der Waals surface area contributed by atoms with Crippen LogP contribution in [0.15, 0.2) is 59.9 Å². The summed E-state index contributed by atoms with van der Waals surface area (Å²) in [4.78, 5) is 14.4. The first-order valence-electron chi connectivity index (χ1n) is 6.48. The smallest absolute Gasteiger partial charge is 0.264 e. The van der Waals surface area contributed by atoms with E-state index < -0.39 is 4.92 Å². The molecule has 0 unspecified atom stereocenters. The Morgan fingerprint density at radius 3 is 2.59 bits per heavy atom. The number of nitrogens with zero attached hydrogens (tertiary/aromatic N) is 4. The summed E-state index contributed by atoms with van der Waals surface area (Å²) < 4.78 is 1.77. The molecule has 3 rings (SSSR count). The molecule has 0 spiro atoms. The van der Waals surface area contributed by atoms with Gasteiger partial charge in [0, 0.05) is 30.1 Å². The van der Waals surface area contributed by atoms with Crippen LogP contribution in [0, 0.1) is 10.1 Å². The van der Waals surface area contributed by atoms with Gasteiger partial charge in [-0.1, -0.05) is 0 Å². The predicted octanol–water partition coefficient (Wildman–Crippen LogP) is 3.56. The molecule has 0 N–H and O–H groups in total. The second kappa shape index (κ2) is 5.98. The Bertz CT molecular complexity index is 800. The van der Waals surface area contributed by atoms with E-state index in [0.29, 0.717) is 0 Å². The highest BCUT2D eigenvalue weighted by atomic mass is 32.2. The first kappa shape index (κ1) is 14.3. The monoisotopic (exact) mass is 312 g/mol. The Hall–Kier alpha value is -2.67. The fraction of sp³-hybridized carbons (Fsp3) is 0.0667. The molecular weight excluding hydrogens is 300 g/mol. The lowest BCUT2D eigenvalue weighted by molar-refractivity contribution is -0.384. The largest absolute Gasteiger partial charge is 0.269 e. The molecule has 0 amide bonds. The summed E-state index contributed by atoms with van der Waals surface area (Å²) >= 11 is 1.56. The molecule has 0 aliphatic heterocycles. The molecular formula is C15H12N4O2S. The Labute approximate surface area is 131 Å². The summed E-state index contributed by atoms with van der Waals surface area (Å²) in [5, 5.41) is 16.3. The highest BCUT2D eigenvalue weighted by molar-refractivity contribution is 7.98. The minimum Gasteiger partial charge on any atom is -0.264 e. The van der Waals surface area contributed by atoms with Crippen molar-refractivity contribution in [1.82, 2.24) is 14.8 Å². The average Bonchev–Trinajstić information content (AvgIpc) is 3.00. The van der Waals surface area contributed by atoms with Crippen molar-refractivity contribution in [3.05, 3.63) is 65.0 Å². The van der Waals surface area contributed by atoms with E-state index in [4.69, 9.17) is 0 Å². The van der Waals surface area contributed by atoms with E-state index in [1.54, 1.807) is 41.0 Å². The van der Waals surface area contributed by atoms with Crippen LogP contribution in [-0.2, 0) is 0 Å². The SMILES string of the molecule is CSc1cc(-c2cccnc2)nn1-c1ccc([N+](=O)[O-])cc1. The molecule has 0 saturated heterocycles. The van der Waals surface area contributed by atoms with E-state index in [-0.39, 0.29) is 5.69 Å². The molecule has 0 bridgehead atoms. The molecule has 1 aromatic carbocycles. The van der Waals surface area contributed by atoms with Gasteiger partial charge < -0.3 is 0 Å². The van der Waals surface area contributed by atoms with Crippen LogP contribution in [0.1, 0.15) is 0 Å². The number of thioether (sulfide) groups is 1. The van der Waals surface area contributed by atoms with Gasteiger partial charge in [0.1, 0.15) is 5.03 Å². The molecule has 0 aliphatic carbocycles. The van der Waals surface area contributed by atoms with Gasteiger partial charge in [-0.15, -0.1) is 11.8 Å². The Kier molecular flexibility index (Phi) is 3.88. The average molecular weight is 312 g/mol. The van der Waals surface area contributed by atoms with Gasteiger partial charge in [-0.25, -0.2) is 4.68 Å². The third-order valence-corrected chi connectivity index (χ3v) is 3.86. The van der Waals surface area contributed by atoms with Crippen LogP contribution in [0.3, 0.4) is 0 Å². The van der Waals surface area contributed by atoms with Crippen LogP contribution in [0.4, 0.5) is 5.69 Å². The van der Waals surface area contributed by atoms with Gasteiger partial charge in [0.2, 0.25) is 0 Å². The molecule has 6 nitrogen and oxygen atoms in total. The third kappa shape index (κ3) is 2.71. The van der Waals surface area contributed by atoms with Crippen molar-refractivity contribution in [2.45, 2.75) is 5.03 Å². The lowest BCUT2D eigenvalue weighted by Gasteiger charge is -2.04. The predicted molar refractivity (Wildman–Crippen MR) is 85.2 cm³/mol. The van der Waals surface area contributed by atoms with Crippen LogP contribution in [0.2, 0.25) is 0 Å². The first-order valence-corrected chi connectivity index (χ1v) is 7.71. The van der Waals surface area contributed by atoms with E-state index >= 15 is 0 Å². The first-order chi connectivity index (χ1) is 10.7. The van der Waals surface area contributed by atoms with Gasteiger partial charge in [-0.05, 0) is 36.6 Å². The van der Waals surface area contributed by atoms with Crippen molar-refractivity contribution in [3.63, 3.8) is 0 Å². The molecule has 0 saturated carbocycles. The fourth-order valence-electron chi connectivity index (χ4n) is 2.07. The summed E-state index contributed by atoms with van der Waals surface area (Å²) in [5.41, 5.74) is 2.59. The van der Waals surface area contributed by atoms with Gasteiger partial charge in [0.05, 0.1) is 16.3 Å². The van der Waals surface area contributed by atoms with E-state index in [9.17, 15) is 10.1 Å². The second-order valence-electron chi connectivity index (χ2n) is 4.50. The number of aromatic nitrogens is 3. The van der Waals surface area contributed by atoms with Gasteiger partial charge in [-0.3, -0.25) is 15.1 Å². The zero-order valence-corrected chi connectivity index (χ0v) is 12.5. The highest BCUT2D eigenvalue weighted by Gasteiger charge is 2.12. The Balaban J connectivity index is 2.03. The molecule has 0 atom stereocenters. The van der Waals surface area contributed by atoms with Crippen molar-refractivity contribution in [1.29, 1.82) is 0 Å². The number of nitro benzene ring substituents is 1. The summed E-state index contributed by atoms with van der Waals surface area (Å²) in [6, 6.07) is 12.1. The van der Waals surface area contributed by atoms with Gasteiger partial charge in [-0.2, -0.15) is 5.10 Å². The maximum Gasteiger partial charge on any atom is 0.269 e. The van der Waals surface area contributed by atoms with Crippen LogP contribution in [-0.4, -0.2) is 25.9 Å². The molecule has 0 fully saturated rings. The van der Waals surface area contributed by atoms with Crippen molar-refractivity contribution >= 4 is 17.4 Å². The number of benzene rings is 1. The maximum atomic E-state index is 10.7. The van der Waals surface area contributed by atoms with Crippen LogP contribution < -0.4 is 0 Å². The number of hydrogen-bond donors (Lipinski definition) is 0. The second-order valence-corrected chi connectivity index (χ2v) is 5.33. The van der Waals surface area contributed by atoms with Crippen LogP contribution in [0.5, 0.6) is 0 Å². The number of non-ortho nitro benzene ring substituents is 1. The van der Waals surface area contributed by atoms with Crippen molar-refractivity contribution in [2.24, 2.45) is 0 Å². The summed E-state index contributed by atoms with van der Waals surface area (Å²) in [7, 11) is 0. The number of rotatable bonds is 4. The van der Waals surface area contributed by atoms with E-state index in [2.05, 4.69) is 10.1 Å². The van der Waals surface area contributed by atoms with E-state index in [1.165, 1.54) is 12.1 Å². The molecule has 22 heavy (non-hydrogen) atoms. The Morgan fingerprint density at radius 2 is 2.00 bits per heavy atom. The van der Waals surface area contributed by atoms with Crippen molar-refractivity contribution in [3.8, 4) is 16.9 Å². The molecule has 2 aromatic heterocycles. The van der Waals surface area contributed by atoms with Gasteiger partial charge in [0.25, 0.3) is 5.69 Å². The Morgan fingerprint density at radius 1 is 1.23 bits per heavy atom. The molecule has 3 aromatic rings. The minimum atomic E-state index is -0.413. The summed E-state index contributed by atoms with van der Waals surface area (Å²) in [5.74, 6) is 0. The van der Waals surface area contributed by atoms with Gasteiger partial charge >= 0.3 is 0 Å². The number of pyridine rings is 1. The lowest BCUT2D eigenvalue weighted by Crippen LogP contribution is -1.98. The van der Waals surface area contributed by atoms with Crippen LogP contribution >= 0.6 is 11.8 Å². The highest BCUT2D eigenvalue weighted by Crippen LogP contribution is 2.27. The standard InChI is InChI=1S/C15H12N4O2S/c1-22-15-9-14(11-3-2-8-16-10-11)17-18(15)12-4-6-13(7-5-12)19(20)21/h2-10H,1H3. The summed E-state index contributed by atoms with van der Waals surface area (Å²) in [6.07, 6.45) is 5.44. The lowest BCUT2D eigenvalue weighted by atomic mass is 10.2. The van der Waals surface area contributed by atoms with Crippen LogP contribution in [0.25, 0.3) is 16.9 Å². The van der Waals surface area contributed by atoms with Crippen molar-refractivity contribution in [2.75, 3.05) is 6.26 Å². The quantitative estimate of drug-likeness (QED) is 0.418. The normalized spacial score (nSPS) is 10.6. The van der Waals surface area contributed by atoms with E-state index in [0.717, 1.165) is 22.0 Å².